The second-order valence-corrected chi connectivity index (χ2v) is 9.01. The second-order valence-electron chi connectivity index (χ2n) is 8.63. The molecule has 8 heteroatoms. The molecule has 3 fully saturated rings. The Morgan fingerprint density at radius 1 is 1.07 bits per heavy atom. The first-order chi connectivity index (χ1) is 13.6. The Kier molecular flexibility index (Phi) is 6.13. The number of aromatic amines is 1. The fourth-order valence-electron chi connectivity index (χ4n) is 4.69. The summed E-state index contributed by atoms with van der Waals surface area (Å²) in [6.45, 7) is 1.55. The maximum Gasteiger partial charge on any atom is 0.241 e. The van der Waals surface area contributed by atoms with E-state index in [1.54, 1.807) is 0 Å². The number of carbonyl (C=O) groups is 2. The third-order valence-corrected chi connectivity index (χ3v) is 6.78. The number of rotatable bonds is 6. The van der Waals surface area contributed by atoms with E-state index in [1.807, 2.05) is 4.90 Å². The van der Waals surface area contributed by atoms with Gasteiger partial charge in [0.2, 0.25) is 11.8 Å². The zero-order chi connectivity index (χ0) is 19.5. The quantitative estimate of drug-likeness (QED) is 0.713. The van der Waals surface area contributed by atoms with Crippen LogP contribution in [0.5, 0.6) is 0 Å². The highest BCUT2D eigenvalue weighted by atomic mass is 32.1. The van der Waals surface area contributed by atoms with Crippen molar-refractivity contribution in [1.82, 2.24) is 25.0 Å². The van der Waals surface area contributed by atoms with Crippen LogP contribution < -0.4 is 5.32 Å². The lowest BCUT2D eigenvalue weighted by Crippen LogP contribution is -2.44. The van der Waals surface area contributed by atoms with Gasteiger partial charge in [0, 0.05) is 31.5 Å². The Morgan fingerprint density at radius 3 is 2.46 bits per heavy atom. The molecule has 1 aliphatic heterocycles. The molecule has 2 amide bonds. The summed E-state index contributed by atoms with van der Waals surface area (Å²) in [4.78, 5) is 26.5. The molecule has 0 spiro atoms. The Labute approximate surface area is 171 Å². The van der Waals surface area contributed by atoms with Crippen molar-refractivity contribution < 1.29 is 9.59 Å². The average Bonchev–Trinajstić information content (AvgIpc) is 3.48. The molecule has 1 aromatic rings. The molecule has 28 heavy (non-hydrogen) atoms. The Bertz CT molecular complexity index is 755. The molecule has 3 aliphatic rings. The second kappa shape index (κ2) is 8.76. The largest absolute Gasteiger partial charge is 0.347 e. The van der Waals surface area contributed by atoms with Crippen LogP contribution >= 0.6 is 12.2 Å². The summed E-state index contributed by atoms with van der Waals surface area (Å²) in [6.07, 6.45) is 10.8. The smallest absolute Gasteiger partial charge is 0.241 e. The molecular weight excluding hydrogens is 374 g/mol. The van der Waals surface area contributed by atoms with E-state index in [9.17, 15) is 9.59 Å². The fourth-order valence-corrected chi connectivity index (χ4v) is 4.98. The van der Waals surface area contributed by atoms with E-state index in [-0.39, 0.29) is 18.4 Å². The third kappa shape index (κ3) is 4.64. The normalized spacial score (nSPS) is 21.6. The Morgan fingerprint density at radius 2 is 1.79 bits per heavy atom. The van der Waals surface area contributed by atoms with Crippen molar-refractivity contribution in [3.63, 3.8) is 0 Å². The third-order valence-electron chi connectivity index (χ3n) is 6.49. The average molecular weight is 406 g/mol. The first-order valence-electron chi connectivity index (χ1n) is 10.8. The van der Waals surface area contributed by atoms with E-state index in [4.69, 9.17) is 12.2 Å². The summed E-state index contributed by atoms with van der Waals surface area (Å²) >= 11 is 5.38. The maximum absolute atomic E-state index is 12.5. The van der Waals surface area contributed by atoms with E-state index >= 15 is 0 Å². The van der Waals surface area contributed by atoms with Gasteiger partial charge in [0.25, 0.3) is 0 Å². The summed E-state index contributed by atoms with van der Waals surface area (Å²) in [5.74, 6) is 1.95. The molecule has 2 saturated carbocycles. The van der Waals surface area contributed by atoms with Crippen molar-refractivity contribution >= 4 is 24.0 Å². The number of nitrogens with one attached hydrogen (secondary N) is 2. The van der Waals surface area contributed by atoms with Gasteiger partial charge in [-0.3, -0.25) is 14.7 Å². The highest BCUT2D eigenvalue weighted by Gasteiger charge is 2.32. The molecular formula is C20H31N5O2S. The first kappa shape index (κ1) is 19.6. The predicted molar refractivity (Wildman–Crippen MR) is 108 cm³/mol. The number of likely N-dealkylation sites (tertiary alicyclic amines) is 1. The first-order valence-corrected chi connectivity index (χ1v) is 11.2. The summed E-state index contributed by atoms with van der Waals surface area (Å²) in [5.41, 5.74) is 0. The van der Waals surface area contributed by atoms with Crippen molar-refractivity contribution in [2.24, 2.45) is 5.92 Å². The van der Waals surface area contributed by atoms with Gasteiger partial charge in [0.15, 0.2) is 4.77 Å². The van der Waals surface area contributed by atoms with Gasteiger partial charge in [0.05, 0.1) is 6.54 Å². The van der Waals surface area contributed by atoms with Crippen molar-refractivity contribution in [3.05, 3.63) is 10.6 Å². The van der Waals surface area contributed by atoms with Crippen LogP contribution in [0.3, 0.4) is 0 Å². The number of amides is 2. The van der Waals surface area contributed by atoms with Crippen LogP contribution in [0.25, 0.3) is 0 Å². The Hall–Kier alpha value is -1.70. The van der Waals surface area contributed by atoms with Gasteiger partial charge < -0.3 is 14.8 Å². The number of hydrogen-bond donors (Lipinski definition) is 2. The van der Waals surface area contributed by atoms with E-state index < -0.39 is 0 Å². The Balaban J connectivity index is 1.22. The molecule has 0 atom stereocenters. The van der Waals surface area contributed by atoms with Crippen LogP contribution in [0.4, 0.5) is 0 Å². The molecule has 2 aliphatic carbocycles. The summed E-state index contributed by atoms with van der Waals surface area (Å²) < 4.78 is 2.90. The van der Waals surface area contributed by atoms with Gasteiger partial charge in [-0.25, -0.2) is 0 Å². The standard InChI is InChI=1S/C20H31N5O2S/c26-17(12-14-4-2-1-3-5-14)21-13-18(27)24-10-8-15(9-11-24)19-22-23-20(28)25(19)16-6-7-16/h14-16H,1-13H2,(H,21,26)(H,23,28). The van der Waals surface area contributed by atoms with Crippen molar-refractivity contribution in [2.45, 2.75) is 76.2 Å². The van der Waals surface area contributed by atoms with Crippen molar-refractivity contribution in [1.29, 1.82) is 0 Å². The highest BCUT2D eigenvalue weighted by molar-refractivity contribution is 7.71. The molecule has 0 bridgehead atoms. The van der Waals surface area contributed by atoms with Gasteiger partial charge in [-0.05, 0) is 56.7 Å². The number of piperidine rings is 1. The molecule has 2 N–H and O–H groups in total. The van der Waals surface area contributed by atoms with Gasteiger partial charge >= 0.3 is 0 Å². The summed E-state index contributed by atoms with van der Waals surface area (Å²) in [5, 5.41) is 10.3. The fraction of sp³-hybridized carbons (Fsp3) is 0.800. The molecule has 154 valence electrons. The minimum absolute atomic E-state index is 0.0232. The molecule has 7 nitrogen and oxygen atoms in total. The van der Waals surface area contributed by atoms with Crippen LogP contribution in [0.15, 0.2) is 0 Å². The SMILES string of the molecule is O=C(CC1CCCCC1)NCC(=O)N1CCC(c2n[nH]c(=S)n2C2CC2)CC1. The summed E-state index contributed by atoms with van der Waals surface area (Å²) in [7, 11) is 0. The number of H-pyrrole nitrogens is 1. The molecule has 0 radical (unpaired) electrons. The highest BCUT2D eigenvalue weighted by Crippen LogP contribution is 2.38. The topological polar surface area (TPSA) is 83.0 Å². The van der Waals surface area contributed by atoms with Gasteiger partial charge in [-0.2, -0.15) is 5.10 Å². The predicted octanol–water partition coefficient (Wildman–Crippen LogP) is 3.07. The molecule has 0 aromatic carbocycles. The van der Waals surface area contributed by atoms with E-state index in [0.29, 0.717) is 37.4 Å². The summed E-state index contributed by atoms with van der Waals surface area (Å²) in [6, 6.07) is 0.514. The minimum atomic E-state index is 0.0232. The van der Waals surface area contributed by atoms with Gasteiger partial charge in [-0.15, -0.1) is 0 Å². The lowest BCUT2D eigenvalue weighted by molar-refractivity contribution is -0.134. The van der Waals surface area contributed by atoms with Crippen molar-refractivity contribution in [2.75, 3.05) is 19.6 Å². The van der Waals surface area contributed by atoms with Crippen LogP contribution in [0, 0.1) is 10.7 Å². The van der Waals surface area contributed by atoms with Crippen LogP contribution in [0.1, 0.15) is 82.0 Å². The van der Waals surface area contributed by atoms with E-state index in [2.05, 4.69) is 20.1 Å². The van der Waals surface area contributed by atoms with Crippen LogP contribution in [-0.4, -0.2) is 51.1 Å². The van der Waals surface area contributed by atoms with Crippen molar-refractivity contribution in [3.8, 4) is 0 Å². The van der Waals surface area contributed by atoms with E-state index in [1.165, 1.54) is 32.1 Å². The molecule has 1 saturated heterocycles. The number of hydrogen-bond acceptors (Lipinski definition) is 4. The maximum atomic E-state index is 12.5. The molecule has 1 aromatic heterocycles. The zero-order valence-corrected chi connectivity index (χ0v) is 17.3. The van der Waals surface area contributed by atoms with E-state index in [0.717, 1.165) is 36.3 Å². The van der Waals surface area contributed by atoms with Crippen LogP contribution in [-0.2, 0) is 9.59 Å². The molecule has 2 heterocycles. The lowest BCUT2D eigenvalue weighted by atomic mass is 9.87. The van der Waals surface area contributed by atoms with Gasteiger partial charge in [0.1, 0.15) is 5.82 Å². The number of nitrogens with zero attached hydrogens (tertiary/aromatic N) is 3. The monoisotopic (exact) mass is 405 g/mol. The zero-order valence-electron chi connectivity index (χ0n) is 16.5. The van der Waals surface area contributed by atoms with Gasteiger partial charge in [-0.1, -0.05) is 19.3 Å². The molecule has 4 rings (SSSR count). The number of carbonyl (C=O) groups excluding carboxylic acids is 2. The lowest BCUT2D eigenvalue weighted by Gasteiger charge is -2.32. The number of aromatic nitrogens is 3. The van der Waals surface area contributed by atoms with Crippen LogP contribution in [0.2, 0.25) is 0 Å². The minimum Gasteiger partial charge on any atom is -0.347 e. The molecule has 0 unspecified atom stereocenters.